The van der Waals surface area contributed by atoms with Crippen molar-refractivity contribution in [1.82, 2.24) is 9.55 Å². The lowest BCUT2D eigenvalue weighted by atomic mass is 9.85. The van der Waals surface area contributed by atoms with Gasteiger partial charge >= 0.3 is 0 Å². The Hall–Kier alpha value is -0.500. The van der Waals surface area contributed by atoms with E-state index in [1.165, 1.54) is 19.3 Å². The minimum absolute atomic E-state index is 0.674. The summed E-state index contributed by atoms with van der Waals surface area (Å²) in [7, 11) is 1.98. The third kappa shape index (κ3) is 1.06. The average molecular weight is 171 g/mol. The van der Waals surface area contributed by atoms with Crippen LogP contribution in [0.15, 0.2) is 6.20 Å². The van der Waals surface area contributed by atoms with E-state index in [0.717, 1.165) is 11.0 Å². The Morgan fingerprint density at radius 1 is 1.64 bits per heavy atom. The lowest BCUT2D eigenvalue weighted by Crippen LogP contribution is -2.13. The summed E-state index contributed by atoms with van der Waals surface area (Å²) in [5.41, 5.74) is 0. The third-order valence-corrected chi connectivity index (χ3v) is 2.79. The van der Waals surface area contributed by atoms with Gasteiger partial charge in [0.2, 0.25) is 0 Å². The van der Waals surface area contributed by atoms with E-state index in [4.69, 9.17) is 11.6 Å². The second-order valence-electron chi connectivity index (χ2n) is 3.13. The van der Waals surface area contributed by atoms with Crippen molar-refractivity contribution in [3.63, 3.8) is 0 Å². The van der Waals surface area contributed by atoms with Gasteiger partial charge in [-0.3, -0.25) is 0 Å². The summed E-state index contributed by atoms with van der Waals surface area (Å²) in [5, 5.41) is 0.743. The van der Waals surface area contributed by atoms with Crippen LogP contribution < -0.4 is 0 Å². The summed E-state index contributed by atoms with van der Waals surface area (Å²) in [4.78, 5) is 4.27. The standard InChI is InChI=1S/C8H11ClN2/c1-11-7(9)5-10-8(11)6-3-2-4-6/h5-6H,2-4H2,1H3. The van der Waals surface area contributed by atoms with Gasteiger partial charge in [-0.15, -0.1) is 0 Å². The average Bonchev–Trinajstić information content (AvgIpc) is 2.15. The number of nitrogens with zero attached hydrogens (tertiary/aromatic N) is 2. The first-order valence-corrected chi connectivity index (χ1v) is 4.34. The van der Waals surface area contributed by atoms with Gasteiger partial charge in [0.25, 0.3) is 0 Å². The minimum atomic E-state index is 0.674. The highest BCUT2D eigenvalue weighted by Gasteiger charge is 2.23. The van der Waals surface area contributed by atoms with Gasteiger partial charge in [0.05, 0.1) is 6.20 Å². The van der Waals surface area contributed by atoms with E-state index in [2.05, 4.69) is 4.98 Å². The summed E-state index contributed by atoms with van der Waals surface area (Å²) in [6.45, 7) is 0. The molecule has 0 amide bonds. The number of rotatable bonds is 1. The van der Waals surface area contributed by atoms with Crippen molar-refractivity contribution < 1.29 is 0 Å². The van der Waals surface area contributed by atoms with E-state index in [1.54, 1.807) is 6.20 Å². The van der Waals surface area contributed by atoms with Crippen molar-refractivity contribution in [3.8, 4) is 0 Å². The van der Waals surface area contributed by atoms with Crippen LogP contribution in [0, 0.1) is 0 Å². The molecule has 0 aromatic carbocycles. The summed E-state index contributed by atoms with van der Waals surface area (Å²) in [6, 6.07) is 0. The van der Waals surface area contributed by atoms with E-state index in [9.17, 15) is 0 Å². The monoisotopic (exact) mass is 170 g/mol. The first-order chi connectivity index (χ1) is 5.29. The fraction of sp³-hybridized carbons (Fsp3) is 0.625. The molecule has 2 nitrogen and oxygen atoms in total. The maximum absolute atomic E-state index is 5.85. The van der Waals surface area contributed by atoms with E-state index in [1.807, 2.05) is 11.6 Å². The van der Waals surface area contributed by atoms with Crippen LogP contribution in [0.25, 0.3) is 0 Å². The minimum Gasteiger partial charge on any atom is -0.322 e. The van der Waals surface area contributed by atoms with Crippen molar-refractivity contribution in [2.45, 2.75) is 25.2 Å². The molecule has 1 aliphatic carbocycles. The quantitative estimate of drug-likeness (QED) is 0.633. The molecule has 11 heavy (non-hydrogen) atoms. The molecule has 0 spiro atoms. The molecule has 2 rings (SSSR count). The van der Waals surface area contributed by atoms with Gasteiger partial charge in [-0.2, -0.15) is 0 Å². The number of aromatic nitrogens is 2. The predicted molar refractivity (Wildman–Crippen MR) is 44.8 cm³/mol. The molecule has 1 fully saturated rings. The largest absolute Gasteiger partial charge is 0.322 e. The molecule has 0 bridgehead atoms. The number of hydrogen-bond donors (Lipinski definition) is 0. The van der Waals surface area contributed by atoms with E-state index >= 15 is 0 Å². The van der Waals surface area contributed by atoms with Crippen molar-refractivity contribution in [3.05, 3.63) is 17.2 Å². The van der Waals surface area contributed by atoms with Crippen molar-refractivity contribution in [2.24, 2.45) is 7.05 Å². The predicted octanol–water partition coefficient (Wildman–Crippen LogP) is 2.34. The molecular formula is C8H11ClN2. The number of hydrogen-bond acceptors (Lipinski definition) is 1. The second kappa shape index (κ2) is 2.52. The molecule has 0 aliphatic heterocycles. The van der Waals surface area contributed by atoms with Gasteiger partial charge in [0.15, 0.2) is 0 Å². The first-order valence-electron chi connectivity index (χ1n) is 3.96. The van der Waals surface area contributed by atoms with Gasteiger partial charge in [0, 0.05) is 13.0 Å². The Bertz CT molecular complexity index is 263. The van der Waals surface area contributed by atoms with Crippen LogP contribution >= 0.6 is 11.6 Å². The van der Waals surface area contributed by atoms with Gasteiger partial charge in [-0.05, 0) is 12.8 Å². The zero-order chi connectivity index (χ0) is 7.84. The molecule has 0 unspecified atom stereocenters. The lowest BCUT2D eigenvalue weighted by molar-refractivity contribution is 0.393. The fourth-order valence-electron chi connectivity index (χ4n) is 1.45. The normalized spacial score (nSPS) is 18.4. The van der Waals surface area contributed by atoms with Crippen LogP contribution in [0.2, 0.25) is 5.15 Å². The van der Waals surface area contributed by atoms with Crippen molar-refractivity contribution >= 4 is 11.6 Å². The highest BCUT2D eigenvalue weighted by molar-refractivity contribution is 6.29. The van der Waals surface area contributed by atoms with E-state index in [-0.39, 0.29) is 0 Å². The van der Waals surface area contributed by atoms with Crippen LogP contribution in [0.4, 0.5) is 0 Å². The SMILES string of the molecule is Cn1c(Cl)cnc1C1CCC1. The Balaban J connectivity index is 2.29. The van der Waals surface area contributed by atoms with Crippen LogP contribution in [-0.4, -0.2) is 9.55 Å². The van der Waals surface area contributed by atoms with Gasteiger partial charge in [-0.25, -0.2) is 4.98 Å². The summed E-state index contributed by atoms with van der Waals surface area (Å²) in [6.07, 6.45) is 5.63. The first kappa shape index (κ1) is 7.17. The van der Waals surface area contributed by atoms with Crippen LogP contribution in [0.3, 0.4) is 0 Å². The van der Waals surface area contributed by atoms with Crippen molar-refractivity contribution in [1.29, 1.82) is 0 Å². The molecule has 1 aliphatic rings. The third-order valence-electron chi connectivity index (χ3n) is 2.44. The molecule has 0 atom stereocenters. The maximum Gasteiger partial charge on any atom is 0.128 e. The molecular weight excluding hydrogens is 160 g/mol. The second-order valence-corrected chi connectivity index (χ2v) is 3.51. The molecule has 0 saturated heterocycles. The molecule has 1 saturated carbocycles. The Labute approximate surface area is 71.2 Å². The van der Waals surface area contributed by atoms with Crippen molar-refractivity contribution in [2.75, 3.05) is 0 Å². The fourth-order valence-corrected chi connectivity index (χ4v) is 1.58. The van der Waals surface area contributed by atoms with Gasteiger partial charge in [-0.1, -0.05) is 18.0 Å². The molecule has 1 heterocycles. The number of halogens is 1. The zero-order valence-electron chi connectivity index (χ0n) is 6.55. The Kier molecular flexibility index (Phi) is 1.64. The smallest absolute Gasteiger partial charge is 0.128 e. The molecule has 60 valence electrons. The highest BCUT2D eigenvalue weighted by Crippen LogP contribution is 2.35. The Morgan fingerprint density at radius 2 is 2.36 bits per heavy atom. The summed E-state index contributed by atoms with van der Waals surface area (Å²) < 4.78 is 1.98. The van der Waals surface area contributed by atoms with E-state index < -0.39 is 0 Å². The van der Waals surface area contributed by atoms with Gasteiger partial charge in [0.1, 0.15) is 11.0 Å². The van der Waals surface area contributed by atoms with Crippen LogP contribution in [0.5, 0.6) is 0 Å². The topological polar surface area (TPSA) is 17.8 Å². The summed E-state index contributed by atoms with van der Waals surface area (Å²) in [5.74, 6) is 1.83. The molecule has 0 radical (unpaired) electrons. The molecule has 1 aromatic rings. The maximum atomic E-state index is 5.85. The lowest BCUT2D eigenvalue weighted by Gasteiger charge is -2.24. The number of imidazole rings is 1. The Morgan fingerprint density at radius 3 is 2.73 bits per heavy atom. The van der Waals surface area contributed by atoms with Gasteiger partial charge < -0.3 is 4.57 Å². The van der Waals surface area contributed by atoms with E-state index in [0.29, 0.717) is 5.92 Å². The van der Waals surface area contributed by atoms with Crippen LogP contribution in [0.1, 0.15) is 31.0 Å². The molecule has 0 N–H and O–H groups in total. The van der Waals surface area contributed by atoms with Crippen LogP contribution in [-0.2, 0) is 7.05 Å². The highest BCUT2D eigenvalue weighted by atomic mass is 35.5. The zero-order valence-corrected chi connectivity index (χ0v) is 7.30. The molecule has 1 aromatic heterocycles. The summed E-state index contributed by atoms with van der Waals surface area (Å²) >= 11 is 5.85. The molecule has 3 heteroatoms.